The second kappa shape index (κ2) is 4.21. The van der Waals surface area contributed by atoms with Gasteiger partial charge in [0.15, 0.2) is 0 Å². The Labute approximate surface area is 78.0 Å². The Balaban J connectivity index is 4.89. The summed E-state index contributed by atoms with van der Waals surface area (Å²) >= 11 is 0. The predicted octanol–water partition coefficient (Wildman–Crippen LogP) is 1.69. The zero-order chi connectivity index (χ0) is 9.94. The molecule has 0 heterocycles. The predicted molar refractivity (Wildman–Crippen MR) is 58.4 cm³/mol. The Morgan fingerprint density at radius 3 is 1.42 bits per heavy atom. The Morgan fingerprint density at radius 2 is 1.42 bits per heavy atom. The van der Waals surface area contributed by atoms with Crippen molar-refractivity contribution in [3.05, 3.63) is 12.3 Å². The first-order chi connectivity index (χ1) is 5.39. The Morgan fingerprint density at radius 1 is 1.08 bits per heavy atom. The van der Waals surface area contributed by atoms with Crippen molar-refractivity contribution in [2.24, 2.45) is 0 Å². The van der Waals surface area contributed by atoms with Crippen LogP contribution in [0.25, 0.3) is 0 Å². The van der Waals surface area contributed by atoms with E-state index in [1.54, 1.807) is 0 Å². The van der Waals surface area contributed by atoms with Gasteiger partial charge in [-0.2, -0.15) is 0 Å². The second-order valence-electron chi connectivity index (χ2n) is 3.93. The van der Waals surface area contributed by atoms with Gasteiger partial charge in [-0.1, -0.05) is 19.5 Å². The Hall–Kier alpha value is -0.123. The fraction of sp³-hybridized carbons (Fsp3) is 0.778. The first-order valence-corrected chi connectivity index (χ1v) is 6.43. The van der Waals surface area contributed by atoms with E-state index in [1.807, 2.05) is 0 Å². The number of rotatable bonds is 4. The molecule has 2 nitrogen and oxygen atoms in total. The minimum absolute atomic E-state index is 0.667. The van der Waals surface area contributed by atoms with E-state index in [-0.39, 0.29) is 0 Å². The zero-order valence-electron chi connectivity index (χ0n) is 9.26. The average Bonchev–Trinajstić information content (AvgIpc) is 1.86. The summed E-state index contributed by atoms with van der Waals surface area (Å²) in [6.45, 7) is 8.52. The molecule has 72 valence electrons. The highest BCUT2D eigenvalue weighted by molar-refractivity contribution is 6.80. The van der Waals surface area contributed by atoms with Gasteiger partial charge < -0.3 is 9.13 Å². The highest BCUT2D eigenvalue weighted by atomic mass is 28.3. The summed E-state index contributed by atoms with van der Waals surface area (Å²) in [6.07, 6.45) is 0. The normalized spacial score (nSPS) is 13.1. The maximum atomic E-state index is 3.98. The molecule has 0 N–H and O–H groups in total. The fourth-order valence-corrected chi connectivity index (χ4v) is 6.10. The summed E-state index contributed by atoms with van der Waals surface area (Å²) in [6, 6.07) is 0. The van der Waals surface area contributed by atoms with E-state index >= 15 is 0 Å². The molecule has 0 unspecified atom stereocenters. The van der Waals surface area contributed by atoms with Crippen LogP contribution in [0.4, 0.5) is 0 Å². The zero-order valence-corrected chi connectivity index (χ0v) is 10.3. The molecule has 0 aliphatic heterocycles. The first kappa shape index (κ1) is 11.9. The lowest BCUT2D eigenvalue weighted by Gasteiger charge is -2.43. The van der Waals surface area contributed by atoms with Gasteiger partial charge in [-0.25, -0.2) is 0 Å². The van der Waals surface area contributed by atoms with E-state index in [0.717, 1.165) is 0 Å². The summed E-state index contributed by atoms with van der Waals surface area (Å²) < 4.78 is 4.68. The van der Waals surface area contributed by atoms with Gasteiger partial charge in [0.2, 0.25) is 8.40 Å². The van der Waals surface area contributed by atoms with Gasteiger partial charge in [0.1, 0.15) is 0 Å². The maximum absolute atomic E-state index is 3.98. The van der Waals surface area contributed by atoms with Gasteiger partial charge in [-0.3, -0.25) is 0 Å². The van der Waals surface area contributed by atoms with Crippen LogP contribution in [-0.2, 0) is 0 Å². The minimum atomic E-state index is -1.57. The number of hydrogen-bond donors (Lipinski definition) is 0. The van der Waals surface area contributed by atoms with Gasteiger partial charge >= 0.3 is 0 Å². The molecule has 0 amide bonds. The molecule has 0 saturated heterocycles. The monoisotopic (exact) mass is 186 g/mol. The van der Waals surface area contributed by atoms with Gasteiger partial charge in [0.05, 0.1) is 0 Å². The molecule has 0 aromatic rings. The van der Waals surface area contributed by atoms with Crippen LogP contribution in [0.5, 0.6) is 0 Å². The van der Waals surface area contributed by atoms with Crippen LogP contribution < -0.4 is 0 Å². The lowest BCUT2D eigenvalue weighted by atomic mass is 10.6. The van der Waals surface area contributed by atoms with E-state index in [1.165, 1.54) is 0 Å². The molecule has 0 radical (unpaired) electrons. The molecular weight excluding hydrogens is 164 g/mol. The van der Waals surface area contributed by atoms with Crippen molar-refractivity contribution in [2.45, 2.75) is 19.4 Å². The van der Waals surface area contributed by atoms with E-state index in [2.05, 4.69) is 63.4 Å². The van der Waals surface area contributed by atoms with E-state index < -0.39 is 8.40 Å². The maximum Gasteiger partial charge on any atom is 0.233 e. The second-order valence-corrected chi connectivity index (χ2v) is 8.85. The first-order valence-electron chi connectivity index (χ1n) is 4.38. The molecule has 0 saturated carbocycles. The summed E-state index contributed by atoms with van der Waals surface area (Å²) in [5, 5.41) is 0. The molecule has 0 bridgehead atoms. The van der Waals surface area contributed by atoms with E-state index in [4.69, 9.17) is 0 Å². The van der Waals surface area contributed by atoms with Crippen LogP contribution in [0.2, 0.25) is 5.54 Å². The van der Waals surface area contributed by atoms with Crippen molar-refractivity contribution in [2.75, 3.05) is 28.2 Å². The van der Waals surface area contributed by atoms with Crippen LogP contribution in [0.1, 0.15) is 13.8 Å². The molecule has 0 rings (SSSR count). The largest absolute Gasteiger partial charge is 0.314 e. The Kier molecular flexibility index (Phi) is 4.17. The summed E-state index contributed by atoms with van der Waals surface area (Å²) in [7, 11) is 7.02. The number of nitrogens with zero attached hydrogens (tertiary/aromatic N) is 2. The molecule has 0 fully saturated rings. The Bertz CT molecular complexity index is 131. The molecule has 0 atom stereocenters. The molecule has 12 heavy (non-hydrogen) atoms. The molecule has 0 aliphatic rings. The third-order valence-corrected chi connectivity index (χ3v) is 7.75. The number of hydrogen-bond acceptors (Lipinski definition) is 2. The van der Waals surface area contributed by atoms with Crippen molar-refractivity contribution < 1.29 is 0 Å². The van der Waals surface area contributed by atoms with E-state index in [0.29, 0.717) is 5.54 Å². The molecule has 0 spiro atoms. The third kappa shape index (κ3) is 1.79. The van der Waals surface area contributed by atoms with Crippen LogP contribution in [-0.4, -0.2) is 45.7 Å². The van der Waals surface area contributed by atoms with Crippen LogP contribution in [0, 0.1) is 0 Å². The molecular formula is C9H22N2Si. The summed E-state index contributed by atoms with van der Waals surface area (Å²) in [5.74, 6) is 0. The van der Waals surface area contributed by atoms with Crippen LogP contribution in [0.3, 0.4) is 0 Å². The average molecular weight is 186 g/mol. The van der Waals surface area contributed by atoms with Gasteiger partial charge in [0, 0.05) is 0 Å². The minimum Gasteiger partial charge on any atom is -0.314 e. The lowest BCUT2D eigenvalue weighted by molar-refractivity contribution is 0.476. The van der Waals surface area contributed by atoms with Gasteiger partial charge in [-0.05, 0) is 33.7 Å². The van der Waals surface area contributed by atoms with Crippen molar-refractivity contribution in [1.29, 1.82) is 0 Å². The van der Waals surface area contributed by atoms with Crippen LogP contribution in [0.15, 0.2) is 12.3 Å². The van der Waals surface area contributed by atoms with Crippen LogP contribution >= 0.6 is 0 Å². The third-order valence-electron chi connectivity index (χ3n) is 2.58. The standard InChI is InChI=1S/C9H22N2Si/c1-8-12(9(2)3,10(4)5)11(6)7/h8-9H,1H2,2-7H3. The smallest absolute Gasteiger partial charge is 0.233 e. The highest BCUT2D eigenvalue weighted by Crippen LogP contribution is 2.25. The SMILES string of the molecule is C=C[Si](C(C)C)(N(C)C)N(C)C. The van der Waals surface area contributed by atoms with Crippen molar-refractivity contribution in [1.82, 2.24) is 9.13 Å². The molecule has 0 aromatic carbocycles. The topological polar surface area (TPSA) is 6.48 Å². The summed E-state index contributed by atoms with van der Waals surface area (Å²) in [5.41, 5.74) is 2.82. The van der Waals surface area contributed by atoms with Gasteiger partial charge in [0.25, 0.3) is 0 Å². The van der Waals surface area contributed by atoms with Gasteiger partial charge in [-0.15, -0.1) is 6.58 Å². The van der Waals surface area contributed by atoms with Crippen molar-refractivity contribution >= 4 is 8.40 Å². The van der Waals surface area contributed by atoms with Crippen molar-refractivity contribution in [3.63, 3.8) is 0 Å². The van der Waals surface area contributed by atoms with Crippen molar-refractivity contribution in [3.8, 4) is 0 Å². The van der Waals surface area contributed by atoms with E-state index in [9.17, 15) is 0 Å². The quantitative estimate of drug-likeness (QED) is 0.617. The molecule has 0 aliphatic carbocycles. The fourth-order valence-electron chi connectivity index (χ4n) is 2.03. The molecule has 0 aromatic heterocycles. The summed E-state index contributed by atoms with van der Waals surface area (Å²) in [4.78, 5) is 0. The highest BCUT2D eigenvalue weighted by Gasteiger charge is 2.39. The molecule has 3 heteroatoms. The lowest BCUT2D eigenvalue weighted by Crippen LogP contribution is -2.61.